The number of aromatic nitrogens is 1. The lowest BCUT2D eigenvalue weighted by atomic mass is 10.0. The molecule has 0 fully saturated rings. The van der Waals surface area contributed by atoms with E-state index >= 15 is 0 Å². The van der Waals surface area contributed by atoms with Gasteiger partial charge in [-0.15, -0.1) is 0 Å². The van der Waals surface area contributed by atoms with Crippen molar-refractivity contribution in [1.82, 2.24) is 5.16 Å². The van der Waals surface area contributed by atoms with Crippen LogP contribution in [0.3, 0.4) is 0 Å². The van der Waals surface area contributed by atoms with E-state index in [-0.39, 0.29) is 18.5 Å². The molecule has 8 heteroatoms. The first-order valence-corrected chi connectivity index (χ1v) is 13.0. The minimum atomic E-state index is -0.347. The van der Waals surface area contributed by atoms with Crippen LogP contribution in [0.1, 0.15) is 52.6 Å². The minimum Gasteiger partial charge on any atom is -0.489 e. The summed E-state index contributed by atoms with van der Waals surface area (Å²) in [6, 6.07) is 18.8. The molecule has 3 aromatic carbocycles. The van der Waals surface area contributed by atoms with Crippen molar-refractivity contribution in [3.8, 4) is 17.0 Å². The number of rotatable bonds is 9. The smallest absolute Gasteiger partial charge is 0.337 e. The molecule has 0 bridgehead atoms. The molecule has 38 heavy (non-hydrogen) atoms. The molecular weight excluding hydrogens is 523 g/mol. The fourth-order valence-corrected chi connectivity index (χ4v) is 4.99. The number of anilines is 1. The van der Waals surface area contributed by atoms with Gasteiger partial charge in [-0.05, 0) is 60.5 Å². The summed E-state index contributed by atoms with van der Waals surface area (Å²) in [5.74, 6) is 1.21. The number of nitrogens with zero attached hydrogens (tertiary/aromatic N) is 2. The van der Waals surface area contributed by atoms with Crippen LogP contribution in [0.15, 0.2) is 65.2 Å². The fraction of sp³-hybridized carbons (Fsp3) is 0.267. The highest BCUT2D eigenvalue weighted by molar-refractivity contribution is 6.39. The molecule has 0 saturated carbocycles. The average molecular weight is 553 g/mol. The van der Waals surface area contributed by atoms with E-state index in [1.807, 2.05) is 64.2 Å². The molecule has 0 aliphatic heterocycles. The number of esters is 1. The Morgan fingerprint density at radius 1 is 1.05 bits per heavy atom. The zero-order valence-corrected chi connectivity index (χ0v) is 23.6. The van der Waals surface area contributed by atoms with E-state index in [2.05, 4.69) is 10.1 Å². The van der Waals surface area contributed by atoms with E-state index in [9.17, 15) is 4.79 Å². The Labute approximate surface area is 233 Å². The second-order valence-electron chi connectivity index (χ2n) is 9.41. The van der Waals surface area contributed by atoms with E-state index in [0.29, 0.717) is 33.4 Å². The molecule has 0 amide bonds. The van der Waals surface area contributed by atoms with Gasteiger partial charge in [0.15, 0.2) is 0 Å². The number of aryl methyl sites for hydroxylation is 1. The van der Waals surface area contributed by atoms with Crippen molar-refractivity contribution in [2.45, 2.75) is 39.8 Å². The number of carbonyl (C=O) groups excluding carboxylic acids is 1. The molecule has 0 radical (unpaired) electrons. The van der Waals surface area contributed by atoms with E-state index in [4.69, 9.17) is 37.2 Å². The molecule has 4 rings (SSSR count). The van der Waals surface area contributed by atoms with Crippen LogP contribution < -0.4 is 9.64 Å². The highest BCUT2D eigenvalue weighted by atomic mass is 35.5. The summed E-state index contributed by atoms with van der Waals surface area (Å²) < 4.78 is 16.7. The summed E-state index contributed by atoms with van der Waals surface area (Å²) in [6.07, 6.45) is 0. The third-order valence-corrected chi connectivity index (χ3v) is 6.90. The van der Waals surface area contributed by atoms with Crippen molar-refractivity contribution in [3.05, 3.63) is 98.7 Å². The summed E-state index contributed by atoms with van der Waals surface area (Å²) in [7, 11) is 3.40. The van der Waals surface area contributed by atoms with Crippen LogP contribution in [-0.2, 0) is 17.9 Å². The second-order valence-corrected chi connectivity index (χ2v) is 10.2. The number of halogens is 2. The lowest BCUT2D eigenvalue weighted by Gasteiger charge is -2.22. The lowest BCUT2D eigenvalue weighted by molar-refractivity contribution is 0.0600. The van der Waals surface area contributed by atoms with E-state index in [0.717, 1.165) is 33.9 Å². The van der Waals surface area contributed by atoms with Crippen molar-refractivity contribution in [1.29, 1.82) is 0 Å². The molecule has 0 N–H and O–H groups in total. The molecule has 6 nitrogen and oxygen atoms in total. The van der Waals surface area contributed by atoms with Gasteiger partial charge in [0.05, 0.1) is 28.3 Å². The third kappa shape index (κ3) is 5.98. The van der Waals surface area contributed by atoms with Crippen LogP contribution in [0.25, 0.3) is 11.3 Å². The van der Waals surface area contributed by atoms with Gasteiger partial charge in [-0.2, -0.15) is 0 Å². The van der Waals surface area contributed by atoms with E-state index < -0.39 is 0 Å². The topological polar surface area (TPSA) is 64.8 Å². The van der Waals surface area contributed by atoms with Gasteiger partial charge < -0.3 is 18.9 Å². The number of carbonyl (C=O) groups is 1. The summed E-state index contributed by atoms with van der Waals surface area (Å²) in [5.41, 5.74) is 5.69. The average Bonchev–Trinajstić information content (AvgIpc) is 3.30. The van der Waals surface area contributed by atoms with Crippen LogP contribution in [0.2, 0.25) is 10.0 Å². The number of ether oxygens (including phenoxy) is 2. The maximum Gasteiger partial charge on any atom is 0.337 e. The molecule has 1 heterocycles. The molecule has 0 saturated heterocycles. The van der Waals surface area contributed by atoms with Gasteiger partial charge in [-0.25, -0.2) is 4.79 Å². The van der Waals surface area contributed by atoms with Crippen molar-refractivity contribution >= 4 is 34.9 Å². The molecule has 1 aromatic heterocycles. The highest BCUT2D eigenvalue weighted by Crippen LogP contribution is 2.39. The number of benzene rings is 3. The van der Waals surface area contributed by atoms with Crippen molar-refractivity contribution in [2.75, 3.05) is 19.1 Å². The Bertz CT molecular complexity index is 1430. The van der Waals surface area contributed by atoms with Gasteiger partial charge in [0, 0.05) is 30.8 Å². The van der Waals surface area contributed by atoms with Gasteiger partial charge >= 0.3 is 5.97 Å². The summed E-state index contributed by atoms with van der Waals surface area (Å²) in [4.78, 5) is 14.0. The molecule has 4 aromatic rings. The Morgan fingerprint density at radius 2 is 1.76 bits per heavy atom. The Balaban J connectivity index is 1.53. The molecule has 0 spiro atoms. The van der Waals surface area contributed by atoms with Crippen molar-refractivity contribution in [2.24, 2.45) is 0 Å². The second kappa shape index (κ2) is 11.9. The van der Waals surface area contributed by atoms with Crippen LogP contribution in [0, 0.1) is 6.92 Å². The van der Waals surface area contributed by atoms with Crippen LogP contribution >= 0.6 is 23.2 Å². The highest BCUT2D eigenvalue weighted by Gasteiger charge is 2.24. The molecule has 0 atom stereocenters. The Kier molecular flexibility index (Phi) is 8.65. The fourth-order valence-electron chi connectivity index (χ4n) is 4.41. The molecular formula is C30H30Cl2N2O4. The number of hydrogen-bond acceptors (Lipinski definition) is 6. The molecule has 0 aliphatic rings. The zero-order valence-electron chi connectivity index (χ0n) is 22.0. The van der Waals surface area contributed by atoms with Crippen LogP contribution in [0.5, 0.6) is 5.75 Å². The van der Waals surface area contributed by atoms with Gasteiger partial charge in [0.2, 0.25) is 0 Å². The van der Waals surface area contributed by atoms with Gasteiger partial charge in [0.1, 0.15) is 23.8 Å². The predicted molar refractivity (Wildman–Crippen MR) is 151 cm³/mol. The maximum absolute atomic E-state index is 11.9. The predicted octanol–water partition coefficient (Wildman–Crippen LogP) is 8.08. The largest absolute Gasteiger partial charge is 0.489 e. The Morgan fingerprint density at radius 3 is 2.42 bits per heavy atom. The first-order valence-electron chi connectivity index (χ1n) is 12.2. The molecule has 0 unspecified atom stereocenters. The SMILES string of the molecule is COC(=O)c1cccc(CN(C)c2ccc(OCc3c(-c4c(Cl)cccc4Cl)noc3C(C)C)cc2C)c1. The monoisotopic (exact) mass is 552 g/mol. The van der Waals surface area contributed by atoms with Gasteiger partial charge in [-0.3, -0.25) is 0 Å². The standard InChI is InChI=1S/C30H30Cl2N2O4/c1-18(2)29-23(28(33-38-29)27-24(31)10-7-11-25(27)32)17-37-22-12-13-26(19(3)14-22)34(4)16-20-8-6-9-21(15-20)30(35)36-5/h6-15,18H,16-17H2,1-5H3. The van der Waals surface area contributed by atoms with Crippen LogP contribution in [-0.4, -0.2) is 25.3 Å². The molecule has 198 valence electrons. The van der Waals surface area contributed by atoms with Crippen molar-refractivity contribution < 1.29 is 18.8 Å². The van der Waals surface area contributed by atoms with E-state index in [1.165, 1.54) is 7.11 Å². The Hall–Kier alpha value is -3.48. The summed E-state index contributed by atoms with van der Waals surface area (Å²) >= 11 is 12.9. The quantitative estimate of drug-likeness (QED) is 0.195. The molecule has 0 aliphatic carbocycles. The van der Waals surface area contributed by atoms with Crippen LogP contribution in [0.4, 0.5) is 5.69 Å². The van der Waals surface area contributed by atoms with Gasteiger partial charge in [-0.1, -0.05) is 60.4 Å². The van der Waals surface area contributed by atoms with Gasteiger partial charge in [0.25, 0.3) is 0 Å². The maximum atomic E-state index is 11.9. The van der Waals surface area contributed by atoms with Crippen molar-refractivity contribution in [3.63, 3.8) is 0 Å². The number of hydrogen-bond donors (Lipinski definition) is 0. The first kappa shape index (κ1) is 27.6. The minimum absolute atomic E-state index is 0.103. The normalized spacial score (nSPS) is 11.1. The van der Waals surface area contributed by atoms with E-state index in [1.54, 1.807) is 24.3 Å². The summed E-state index contributed by atoms with van der Waals surface area (Å²) in [5, 5.41) is 5.30. The third-order valence-electron chi connectivity index (χ3n) is 6.27. The lowest BCUT2D eigenvalue weighted by Crippen LogP contribution is -2.17. The zero-order chi connectivity index (χ0) is 27.4. The number of methoxy groups -OCH3 is 1. The first-order chi connectivity index (χ1) is 18.2. The summed E-state index contributed by atoms with van der Waals surface area (Å²) in [6.45, 7) is 7.00.